The summed E-state index contributed by atoms with van der Waals surface area (Å²) >= 11 is 0. The van der Waals surface area contributed by atoms with E-state index < -0.39 is 9.12 Å². The minimum absolute atomic E-state index is 0.398. The molecular formula is C10H25N2Si. The van der Waals surface area contributed by atoms with Crippen LogP contribution in [0.1, 0.15) is 34.6 Å². The molecule has 0 saturated carbocycles. The molecule has 0 aromatic rings. The maximum atomic E-state index is 2.64. The van der Waals surface area contributed by atoms with E-state index in [4.69, 9.17) is 0 Å². The summed E-state index contributed by atoms with van der Waals surface area (Å²) in [6.07, 6.45) is 0. The summed E-state index contributed by atoms with van der Waals surface area (Å²) in [5, 5.41) is 0. The van der Waals surface area contributed by atoms with E-state index in [1.165, 1.54) is 32.2 Å². The highest BCUT2D eigenvalue weighted by atomic mass is 28.3. The van der Waals surface area contributed by atoms with Gasteiger partial charge in [-0.1, -0.05) is 34.6 Å². The van der Waals surface area contributed by atoms with E-state index in [1.807, 2.05) is 0 Å². The van der Waals surface area contributed by atoms with Gasteiger partial charge in [0.25, 0.3) is 0 Å². The summed E-state index contributed by atoms with van der Waals surface area (Å²) < 4.78 is 5.27. The third-order valence-corrected chi connectivity index (χ3v) is 5.93. The Bertz CT molecular complexity index is 99.5. The van der Waals surface area contributed by atoms with E-state index in [2.05, 4.69) is 43.7 Å². The molecule has 0 spiro atoms. The molecule has 0 amide bonds. The van der Waals surface area contributed by atoms with E-state index in [0.29, 0.717) is 0 Å². The minimum Gasteiger partial charge on any atom is -0.312 e. The maximum absolute atomic E-state index is 2.64. The van der Waals surface area contributed by atoms with Crippen molar-refractivity contribution < 1.29 is 0 Å². The molecule has 0 saturated heterocycles. The van der Waals surface area contributed by atoms with E-state index in [0.717, 1.165) is 0 Å². The van der Waals surface area contributed by atoms with Gasteiger partial charge in [0.05, 0.1) is 0 Å². The van der Waals surface area contributed by atoms with Crippen molar-refractivity contribution in [3.63, 3.8) is 0 Å². The molecule has 0 atom stereocenters. The Morgan fingerprint density at radius 2 is 1.00 bits per heavy atom. The van der Waals surface area contributed by atoms with Crippen molar-refractivity contribution in [3.05, 3.63) is 0 Å². The van der Waals surface area contributed by atoms with Crippen LogP contribution in [0, 0.1) is 0 Å². The highest BCUT2D eigenvalue weighted by molar-refractivity contribution is 6.52. The molecule has 1 radical (unpaired) electrons. The molecule has 0 N–H and O–H groups in total. The molecule has 0 aliphatic rings. The number of nitrogens with zero attached hydrogens (tertiary/aromatic N) is 2. The van der Waals surface area contributed by atoms with Gasteiger partial charge < -0.3 is 9.13 Å². The fraction of sp³-hybridized carbons (Fsp3) is 1.00. The summed E-state index contributed by atoms with van der Waals surface area (Å²) in [6, 6.07) is 1.33. The zero-order valence-corrected chi connectivity index (χ0v) is 10.9. The highest BCUT2D eigenvalue weighted by Crippen LogP contribution is 2.05. The van der Waals surface area contributed by atoms with Gasteiger partial charge in [0, 0.05) is 0 Å². The van der Waals surface area contributed by atoms with E-state index >= 15 is 0 Å². The molecule has 0 bridgehead atoms. The van der Waals surface area contributed by atoms with E-state index in [-0.39, 0.29) is 0 Å². The second kappa shape index (κ2) is 7.53. The first-order valence-electron chi connectivity index (χ1n) is 5.60. The van der Waals surface area contributed by atoms with Crippen LogP contribution in [0.25, 0.3) is 0 Å². The third kappa shape index (κ3) is 3.79. The fourth-order valence-corrected chi connectivity index (χ4v) is 4.58. The quantitative estimate of drug-likeness (QED) is 0.583. The predicted octanol–water partition coefficient (Wildman–Crippen LogP) is 2.18. The molecule has 0 aromatic heterocycles. The SMILES string of the molecule is CCN(CC)[Si](CC)N(CC)CC. The van der Waals surface area contributed by atoms with Gasteiger partial charge in [-0.05, 0) is 32.2 Å². The fourth-order valence-electron chi connectivity index (χ4n) is 1.82. The van der Waals surface area contributed by atoms with Crippen molar-refractivity contribution in [1.29, 1.82) is 0 Å². The molecule has 0 fully saturated rings. The van der Waals surface area contributed by atoms with Crippen molar-refractivity contribution >= 4 is 9.12 Å². The Hall–Kier alpha value is 0.137. The first kappa shape index (κ1) is 13.1. The van der Waals surface area contributed by atoms with Gasteiger partial charge in [-0.3, -0.25) is 0 Å². The van der Waals surface area contributed by atoms with Crippen molar-refractivity contribution in [2.75, 3.05) is 26.2 Å². The summed E-state index contributed by atoms with van der Waals surface area (Å²) in [5.74, 6) is 0. The van der Waals surface area contributed by atoms with Gasteiger partial charge in [0.2, 0.25) is 9.12 Å². The Morgan fingerprint density at radius 3 is 1.15 bits per heavy atom. The van der Waals surface area contributed by atoms with Gasteiger partial charge in [0.1, 0.15) is 0 Å². The zero-order valence-electron chi connectivity index (χ0n) is 9.93. The Morgan fingerprint density at radius 1 is 0.692 bits per heavy atom. The molecule has 0 aliphatic heterocycles. The van der Waals surface area contributed by atoms with E-state index in [9.17, 15) is 0 Å². The molecule has 0 aromatic carbocycles. The lowest BCUT2D eigenvalue weighted by Gasteiger charge is -2.34. The summed E-state index contributed by atoms with van der Waals surface area (Å²) in [5.41, 5.74) is 0. The summed E-state index contributed by atoms with van der Waals surface area (Å²) in [6.45, 7) is 16.2. The average molecular weight is 201 g/mol. The second-order valence-corrected chi connectivity index (χ2v) is 5.92. The van der Waals surface area contributed by atoms with E-state index in [1.54, 1.807) is 0 Å². The number of hydrogen-bond acceptors (Lipinski definition) is 2. The Kier molecular flexibility index (Phi) is 7.61. The molecule has 0 rings (SSSR count). The standard InChI is InChI=1S/C10H25N2Si/c1-6-11(7-2)13(10-5)12(8-3)9-4/h6-10H2,1-5H3. The lowest BCUT2D eigenvalue weighted by molar-refractivity contribution is 0.377. The molecule has 0 heterocycles. The van der Waals surface area contributed by atoms with Crippen molar-refractivity contribution in [1.82, 2.24) is 9.13 Å². The van der Waals surface area contributed by atoms with Crippen LogP contribution in [0.15, 0.2) is 0 Å². The maximum Gasteiger partial charge on any atom is 0.229 e. The summed E-state index contributed by atoms with van der Waals surface area (Å²) in [7, 11) is -0.398. The molecule has 3 heteroatoms. The van der Waals surface area contributed by atoms with Gasteiger partial charge in [-0.25, -0.2) is 0 Å². The van der Waals surface area contributed by atoms with Gasteiger partial charge >= 0.3 is 0 Å². The van der Waals surface area contributed by atoms with Gasteiger partial charge in [-0.15, -0.1) is 0 Å². The first-order valence-corrected chi connectivity index (χ1v) is 7.20. The van der Waals surface area contributed by atoms with Crippen LogP contribution in [-0.4, -0.2) is 44.4 Å². The molecule has 2 nitrogen and oxygen atoms in total. The van der Waals surface area contributed by atoms with Crippen LogP contribution in [0.5, 0.6) is 0 Å². The van der Waals surface area contributed by atoms with Crippen LogP contribution in [0.3, 0.4) is 0 Å². The van der Waals surface area contributed by atoms with Crippen molar-refractivity contribution in [2.45, 2.75) is 40.7 Å². The number of rotatable bonds is 7. The number of hydrogen-bond donors (Lipinski definition) is 0. The van der Waals surface area contributed by atoms with Crippen LogP contribution < -0.4 is 0 Å². The highest BCUT2D eigenvalue weighted by Gasteiger charge is 2.22. The first-order chi connectivity index (χ1) is 6.24. The Balaban J connectivity index is 4.26. The second-order valence-electron chi connectivity index (χ2n) is 3.11. The lowest BCUT2D eigenvalue weighted by atomic mass is 10.7. The molecule has 0 unspecified atom stereocenters. The minimum atomic E-state index is -0.398. The van der Waals surface area contributed by atoms with Crippen LogP contribution in [-0.2, 0) is 0 Å². The van der Waals surface area contributed by atoms with Gasteiger partial charge in [0.15, 0.2) is 0 Å². The molecule has 79 valence electrons. The third-order valence-electron chi connectivity index (χ3n) is 2.57. The Labute approximate surface area is 85.7 Å². The van der Waals surface area contributed by atoms with Crippen LogP contribution in [0.4, 0.5) is 0 Å². The molecular weight excluding hydrogens is 176 g/mol. The van der Waals surface area contributed by atoms with Crippen molar-refractivity contribution in [3.8, 4) is 0 Å². The van der Waals surface area contributed by atoms with Crippen molar-refractivity contribution in [2.24, 2.45) is 0 Å². The predicted molar refractivity (Wildman–Crippen MR) is 62.1 cm³/mol. The van der Waals surface area contributed by atoms with Crippen LogP contribution in [0.2, 0.25) is 6.04 Å². The molecule has 0 aliphatic carbocycles. The van der Waals surface area contributed by atoms with Gasteiger partial charge in [-0.2, -0.15) is 0 Å². The summed E-state index contributed by atoms with van der Waals surface area (Å²) in [4.78, 5) is 0. The monoisotopic (exact) mass is 201 g/mol. The lowest BCUT2D eigenvalue weighted by Crippen LogP contribution is -2.52. The molecule has 13 heavy (non-hydrogen) atoms. The zero-order chi connectivity index (χ0) is 10.3. The topological polar surface area (TPSA) is 6.48 Å². The van der Waals surface area contributed by atoms with Crippen LogP contribution >= 0.6 is 0 Å². The largest absolute Gasteiger partial charge is 0.312 e. The average Bonchev–Trinajstić information content (AvgIpc) is 2.18. The smallest absolute Gasteiger partial charge is 0.229 e. The normalized spacial score (nSPS) is 12.0.